The Labute approximate surface area is 151 Å². The lowest BCUT2D eigenvalue weighted by molar-refractivity contribution is 0.102. The average Bonchev–Trinajstić information content (AvgIpc) is 3.10. The van der Waals surface area contributed by atoms with Gasteiger partial charge < -0.3 is 5.32 Å². The molecule has 0 radical (unpaired) electrons. The number of rotatable bonds is 5. The number of nitrogens with zero attached hydrogens (tertiary/aromatic N) is 2. The molecule has 3 rings (SSSR count). The zero-order chi connectivity index (χ0) is 16.9. The monoisotopic (exact) mass is 361 g/mol. The third-order valence-corrected chi connectivity index (χ3v) is 7.21. The first-order chi connectivity index (χ1) is 11.7. The van der Waals surface area contributed by atoms with Crippen molar-refractivity contribution in [2.45, 2.75) is 37.3 Å². The number of carbonyl (C=O) groups excluding carboxylic acids is 1. The first-order valence-corrected chi connectivity index (χ1v) is 10.5. The fourth-order valence-corrected chi connectivity index (χ4v) is 5.49. The molecule has 6 heteroatoms. The summed E-state index contributed by atoms with van der Waals surface area (Å²) in [5, 5.41) is 7.28. The normalized spacial score (nSPS) is 16.8. The van der Waals surface area contributed by atoms with Gasteiger partial charge in [0.05, 0.1) is 16.8 Å². The largest absolute Gasteiger partial charge is 0.307 e. The lowest BCUT2D eigenvalue weighted by Crippen LogP contribution is -2.17. The molecular weight excluding hydrogens is 338 g/mol. The summed E-state index contributed by atoms with van der Waals surface area (Å²) in [6.07, 6.45) is 3.98. The van der Waals surface area contributed by atoms with Gasteiger partial charge in [-0.25, -0.2) is 4.68 Å². The smallest absolute Gasteiger partial charge is 0.256 e. The van der Waals surface area contributed by atoms with Crippen LogP contribution in [-0.4, -0.2) is 27.2 Å². The summed E-state index contributed by atoms with van der Waals surface area (Å²) in [5.74, 6) is 3.10. The minimum absolute atomic E-state index is 0.0875. The molecule has 24 heavy (non-hydrogen) atoms. The minimum Gasteiger partial charge on any atom is -0.307 e. The van der Waals surface area contributed by atoms with E-state index in [0.717, 1.165) is 12.2 Å². The fraction of sp³-hybridized carbons (Fsp3) is 0.444. The molecule has 2 aromatic rings. The Hall–Kier alpha value is -1.40. The Morgan fingerprint density at radius 1 is 1.29 bits per heavy atom. The van der Waals surface area contributed by atoms with Crippen LogP contribution < -0.4 is 5.32 Å². The number of nitrogens with one attached hydrogen (secondary N) is 1. The second-order valence-corrected chi connectivity index (χ2v) is 8.65. The second kappa shape index (κ2) is 8.12. The van der Waals surface area contributed by atoms with Gasteiger partial charge >= 0.3 is 0 Å². The zero-order valence-electron chi connectivity index (χ0n) is 14.1. The Morgan fingerprint density at radius 3 is 2.67 bits per heavy atom. The van der Waals surface area contributed by atoms with Crippen molar-refractivity contribution in [3.8, 4) is 0 Å². The third-order valence-electron chi connectivity index (χ3n) is 4.19. The van der Waals surface area contributed by atoms with Gasteiger partial charge in [-0.05, 0) is 49.0 Å². The Balaban J connectivity index is 1.68. The van der Waals surface area contributed by atoms with Crippen molar-refractivity contribution in [1.29, 1.82) is 0 Å². The van der Waals surface area contributed by atoms with Crippen molar-refractivity contribution in [2.24, 2.45) is 0 Å². The second-order valence-electron chi connectivity index (χ2n) is 5.92. The maximum absolute atomic E-state index is 12.5. The van der Waals surface area contributed by atoms with Crippen molar-refractivity contribution < 1.29 is 4.79 Å². The number of aromatic nitrogens is 2. The molecule has 1 aliphatic heterocycles. The molecule has 128 valence electrons. The van der Waals surface area contributed by atoms with E-state index in [1.807, 2.05) is 46.4 Å². The molecule has 1 aliphatic rings. The van der Waals surface area contributed by atoms with Crippen LogP contribution in [0.5, 0.6) is 0 Å². The molecule has 1 saturated heterocycles. The SMILES string of the molecule is CCC(C)n1nccc1NC(=O)c1ccc(C2SCCCS2)cc1. The molecule has 1 atom stereocenters. The van der Waals surface area contributed by atoms with Crippen LogP contribution in [0.4, 0.5) is 5.82 Å². The number of anilines is 1. The van der Waals surface area contributed by atoms with Gasteiger partial charge in [0, 0.05) is 11.6 Å². The minimum atomic E-state index is -0.0875. The van der Waals surface area contributed by atoms with Crippen LogP contribution in [-0.2, 0) is 0 Å². The van der Waals surface area contributed by atoms with Crippen molar-refractivity contribution in [2.75, 3.05) is 16.8 Å². The van der Waals surface area contributed by atoms with Crippen LogP contribution >= 0.6 is 23.5 Å². The van der Waals surface area contributed by atoms with E-state index in [9.17, 15) is 4.79 Å². The molecule has 0 aliphatic carbocycles. The number of hydrogen-bond donors (Lipinski definition) is 1. The highest BCUT2D eigenvalue weighted by Gasteiger charge is 2.17. The maximum atomic E-state index is 12.5. The van der Waals surface area contributed by atoms with E-state index < -0.39 is 0 Å². The summed E-state index contributed by atoms with van der Waals surface area (Å²) in [5.41, 5.74) is 1.98. The van der Waals surface area contributed by atoms with Crippen LogP contribution in [0.25, 0.3) is 0 Å². The fourth-order valence-electron chi connectivity index (χ4n) is 2.60. The van der Waals surface area contributed by atoms with Crippen LogP contribution in [0.1, 0.15) is 53.2 Å². The van der Waals surface area contributed by atoms with E-state index in [2.05, 4.69) is 36.4 Å². The van der Waals surface area contributed by atoms with Gasteiger partial charge in [-0.3, -0.25) is 4.79 Å². The average molecular weight is 362 g/mol. The number of thioether (sulfide) groups is 2. The van der Waals surface area contributed by atoms with E-state index in [1.165, 1.54) is 23.5 Å². The Morgan fingerprint density at radius 2 is 2.00 bits per heavy atom. The van der Waals surface area contributed by atoms with E-state index in [1.54, 1.807) is 6.20 Å². The lowest BCUT2D eigenvalue weighted by atomic mass is 10.1. The predicted molar refractivity (Wildman–Crippen MR) is 104 cm³/mol. The van der Waals surface area contributed by atoms with Crippen LogP contribution in [0, 0.1) is 0 Å². The van der Waals surface area contributed by atoms with Crippen LogP contribution in [0.2, 0.25) is 0 Å². The summed E-state index contributed by atoms with van der Waals surface area (Å²) in [4.78, 5) is 12.5. The first-order valence-electron chi connectivity index (χ1n) is 8.37. The molecule has 1 aromatic heterocycles. The highest BCUT2D eigenvalue weighted by molar-refractivity contribution is 8.16. The number of hydrogen-bond acceptors (Lipinski definition) is 4. The standard InChI is InChI=1S/C18H23N3OS2/c1-3-13(2)21-16(9-10-19-21)20-17(22)14-5-7-15(8-6-14)18-23-11-4-12-24-18/h5-10,13,18H,3-4,11-12H2,1-2H3,(H,20,22). The molecule has 2 heterocycles. The molecule has 0 spiro atoms. The van der Waals surface area contributed by atoms with E-state index in [4.69, 9.17) is 0 Å². The topological polar surface area (TPSA) is 46.9 Å². The van der Waals surface area contributed by atoms with Crippen molar-refractivity contribution >= 4 is 35.2 Å². The summed E-state index contributed by atoms with van der Waals surface area (Å²) in [7, 11) is 0. The lowest BCUT2D eigenvalue weighted by Gasteiger charge is -2.21. The van der Waals surface area contributed by atoms with E-state index >= 15 is 0 Å². The maximum Gasteiger partial charge on any atom is 0.256 e. The molecule has 1 unspecified atom stereocenters. The van der Waals surface area contributed by atoms with Gasteiger partial charge in [-0.2, -0.15) is 5.10 Å². The molecule has 1 amide bonds. The zero-order valence-corrected chi connectivity index (χ0v) is 15.7. The summed E-state index contributed by atoms with van der Waals surface area (Å²) < 4.78 is 2.37. The molecule has 1 N–H and O–H groups in total. The highest BCUT2D eigenvalue weighted by Crippen LogP contribution is 2.43. The van der Waals surface area contributed by atoms with Gasteiger partial charge in [0.1, 0.15) is 5.82 Å². The molecule has 4 nitrogen and oxygen atoms in total. The highest BCUT2D eigenvalue weighted by atomic mass is 32.2. The summed E-state index contributed by atoms with van der Waals surface area (Å²) >= 11 is 3.99. The quantitative estimate of drug-likeness (QED) is 0.816. The van der Waals surface area contributed by atoms with E-state index in [-0.39, 0.29) is 11.9 Å². The number of benzene rings is 1. The van der Waals surface area contributed by atoms with Gasteiger partial charge in [0.15, 0.2) is 0 Å². The Bertz CT molecular complexity index is 678. The van der Waals surface area contributed by atoms with Gasteiger partial charge in [-0.1, -0.05) is 19.1 Å². The Kier molecular flexibility index (Phi) is 5.89. The van der Waals surface area contributed by atoms with E-state index in [0.29, 0.717) is 10.1 Å². The van der Waals surface area contributed by atoms with Gasteiger partial charge in [0.2, 0.25) is 0 Å². The molecule has 0 bridgehead atoms. The van der Waals surface area contributed by atoms with Crippen molar-refractivity contribution in [3.63, 3.8) is 0 Å². The summed E-state index contributed by atoms with van der Waals surface area (Å²) in [6, 6.07) is 10.1. The summed E-state index contributed by atoms with van der Waals surface area (Å²) in [6.45, 7) is 4.20. The molecule has 0 saturated carbocycles. The van der Waals surface area contributed by atoms with Gasteiger partial charge in [-0.15, -0.1) is 23.5 Å². The number of carbonyl (C=O) groups is 1. The third kappa shape index (κ3) is 3.98. The van der Waals surface area contributed by atoms with Gasteiger partial charge in [0.25, 0.3) is 5.91 Å². The van der Waals surface area contributed by atoms with Crippen LogP contribution in [0.15, 0.2) is 36.5 Å². The first kappa shape index (κ1) is 17.4. The predicted octanol–water partition coefficient (Wildman–Crippen LogP) is 4.98. The molecule has 1 aromatic carbocycles. The van der Waals surface area contributed by atoms with Crippen LogP contribution in [0.3, 0.4) is 0 Å². The number of amides is 1. The molecular formula is C18H23N3OS2. The van der Waals surface area contributed by atoms with Crippen molar-refractivity contribution in [3.05, 3.63) is 47.7 Å². The molecule has 1 fully saturated rings. The van der Waals surface area contributed by atoms with Crippen molar-refractivity contribution in [1.82, 2.24) is 9.78 Å².